The second kappa shape index (κ2) is 5.04. The predicted octanol–water partition coefficient (Wildman–Crippen LogP) is 1.56. The monoisotopic (exact) mass is 349 g/mol. The summed E-state index contributed by atoms with van der Waals surface area (Å²) < 4.78 is 51.2. The van der Waals surface area contributed by atoms with E-state index in [2.05, 4.69) is 0 Å². The molecule has 1 aliphatic carbocycles. The van der Waals surface area contributed by atoms with Gasteiger partial charge in [-0.2, -0.15) is 4.31 Å². The van der Waals surface area contributed by atoms with E-state index in [1.54, 1.807) is 6.07 Å². The zero-order chi connectivity index (χ0) is 15.4. The molecular formula is C13H19NO4S3. The fourth-order valence-electron chi connectivity index (χ4n) is 2.75. The Morgan fingerprint density at radius 3 is 2.48 bits per heavy atom. The number of rotatable bonds is 3. The molecular weight excluding hydrogens is 330 g/mol. The Morgan fingerprint density at radius 2 is 1.95 bits per heavy atom. The van der Waals surface area contributed by atoms with Gasteiger partial charge in [-0.05, 0) is 44.2 Å². The zero-order valence-electron chi connectivity index (χ0n) is 12.1. The molecule has 1 aromatic rings. The number of sulfone groups is 1. The van der Waals surface area contributed by atoms with Crippen molar-refractivity contribution >= 4 is 31.2 Å². The Balaban J connectivity index is 1.97. The van der Waals surface area contributed by atoms with Crippen molar-refractivity contribution in [2.45, 2.75) is 36.9 Å². The van der Waals surface area contributed by atoms with Crippen LogP contribution in [0.25, 0.3) is 0 Å². The minimum Gasteiger partial charge on any atom is -0.229 e. The minimum atomic E-state index is -3.58. The number of thiophene rings is 1. The third-order valence-corrected chi connectivity index (χ3v) is 9.47. The van der Waals surface area contributed by atoms with Crippen LogP contribution >= 0.6 is 11.3 Å². The summed E-state index contributed by atoms with van der Waals surface area (Å²) in [5, 5.41) is 0. The van der Waals surface area contributed by atoms with E-state index in [-0.39, 0.29) is 30.0 Å². The zero-order valence-corrected chi connectivity index (χ0v) is 14.5. The van der Waals surface area contributed by atoms with Crippen LogP contribution in [0.3, 0.4) is 0 Å². The highest BCUT2D eigenvalue weighted by Crippen LogP contribution is 2.40. The molecule has 1 aromatic heterocycles. The van der Waals surface area contributed by atoms with Gasteiger partial charge in [0.05, 0.1) is 11.5 Å². The predicted molar refractivity (Wildman–Crippen MR) is 82.9 cm³/mol. The van der Waals surface area contributed by atoms with E-state index in [0.717, 1.165) is 23.3 Å². The molecule has 0 unspecified atom stereocenters. The molecule has 0 aromatic carbocycles. The fraction of sp³-hybridized carbons (Fsp3) is 0.692. The molecule has 2 heterocycles. The molecule has 0 spiro atoms. The molecule has 1 saturated heterocycles. The Morgan fingerprint density at radius 1 is 1.29 bits per heavy atom. The van der Waals surface area contributed by atoms with Crippen LogP contribution in [0.5, 0.6) is 0 Å². The van der Waals surface area contributed by atoms with E-state index in [0.29, 0.717) is 4.21 Å². The third-order valence-electron chi connectivity index (χ3n) is 4.29. The summed E-state index contributed by atoms with van der Waals surface area (Å²) in [6.45, 7) is 3.88. The van der Waals surface area contributed by atoms with Gasteiger partial charge < -0.3 is 0 Å². The minimum absolute atomic E-state index is 0.0275. The first-order chi connectivity index (χ1) is 9.71. The molecule has 5 nitrogen and oxygen atoms in total. The van der Waals surface area contributed by atoms with Crippen LogP contribution in [-0.2, 0) is 19.9 Å². The Hall–Kier alpha value is -0.440. The van der Waals surface area contributed by atoms with Gasteiger partial charge in [0.1, 0.15) is 4.21 Å². The van der Waals surface area contributed by atoms with Gasteiger partial charge in [-0.15, -0.1) is 11.3 Å². The number of sulfonamides is 1. The molecule has 8 heteroatoms. The number of hydrogen-bond donors (Lipinski definition) is 0. The summed E-state index contributed by atoms with van der Waals surface area (Å²) >= 11 is 1.27. The first-order valence-electron chi connectivity index (χ1n) is 7.00. The van der Waals surface area contributed by atoms with Gasteiger partial charge in [-0.25, -0.2) is 16.8 Å². The second-order valence-corrected chi connectivity index (χ2v) is 11.5. The lowest BCUT2D eigenvalue weighted by molar-refractivity contribution is 0.312. The van der Waals surface area contributed by atoms with E-state index in [4.69, 9.17) is 0 Å². The normalized spacial score (nSPS) is 26.9. The maximum atomic E-state index is 12.8. The number of nitrogens with zero attached hydrogens (tertiary/aromatic N) is 1. The smallest absolute Gasteiger partial charge is 0.229 e. The molecule has 3 rings (SSSR count). The first-order valence-corrected chi connectivity index (χ1v) is 11.1. The molecule has 0 N–H and O–H groups in total. The first kappa shape index (κ1) is 15.5. The van der Waals surface area contributed by atoms with E-state index in [1.807, 2.05) is 13.8 Å². The Labute approximate surface area is 129 Å². The van der Waals surface area contributed by atoms with Gasteiger partial charge in [0.2, 0.25) is 0 Å². The van der Waals surface area contributed by atoms with Crippen molar-refractivity contribution in [3.8, 4) is 0 Å². The van der Waals surface area contributed by atoms with Gasteiger partial charge >= 0.3 is 0 Å². The van der Waals surface area contributed by atoms with Crippen LogP contribution in [0.15, 0.2) is 10.3 Å². The van der Waals surface area contributed by atoms with Gasteiger partial charge in [-0.1, -0.05) is 0 Å². The molecule has 0 amide bonds. The van der Waals surface area contributed by atoms with E-state index in [9.17, 15) is 16.8 Å². The van der Waals surface area contributed by atoms with Gasteiger partial charge in [0.15, 0.2) is 9.84 Å². The summed E-state index contributed by atoms with van der Waals surface area (Å²) in [4.78, 5) is 0.987. The van der Waals surface area contributed by atoms with Gasteiger partial charge in [0, 0.05) is 17.5 Å². The molecule has 118 valence electrons. The highest BCUT2D eigenvalue weighted by atomic mass is 32.2. The lowest BCUT2D eigenvalue weighted by Crippen LogP contribution is -2.51. The van der Waals surface area contributed by atoms with Crippen molar-refractivity contribution in [3.63, 3.8) is 0 Å². The fourth-order valence-corrected chi connectivity index (χ4v) is 7.91. The summed E-state index contributed by atoms with van der Waals surface area (Å²) in [6.07, 6.45) is 1.85. The third kappa shape index (κ3) is 2.91. The van der Waals surface area contributed by atoms with Crippen LogP contribution in [-0.4, -0.2) is 45.2 Å². The van der Waals surface area contributed by atoms with Crippen LogP contribution in [0.1, 0.15) is 23.3 Å². The molecule has 1 aliphatic heterocycles. The van der Waals surface area contributed by atoms with Gasteiger partial charge in [0.25, 0.3) is 10.0 Å². The molecule has 1 atom stereocenters. The van der Waals surface area contributed by atoms with Crippen molar-refractivity contribution in [3.05, 3.63) is 16.5 Å². The quantitative estimate of drug-likeness (QED) is 0.830. The van der Waals surface area contributed by atoms with Gasteiger partial charge in [-0.3, -0.25) is 0 Å². The van der Waals surface area contributed by atoms with Crippen molar-refractivity contribution in [1.82, 2.24) is 4.31 Å². The van der Waals surface area contributed by atoms with Crippen molar-refractivity contribution in [1.29, 1.82) is 0 Å². The molecule has 2 aliphatic rings. The summed E-state index contributed by atoms with van der Waals surface area (Å²) in [5.74, 6) is 0.107. The topological polar surface area (TPSA) is 71.5 Å². The molecule has 21 heavy (non-hydrogen) atoms. The standard InChI is InChI=1S/C13H19NO4S3/c1-9-7-13(19-10(9)2)21(17,18)14-5-6-20(15,16)8-12(14)11-3-4-11/h7,11-12H,3-6,8H2,1-2H3/t12-/m1/s1. The Kier molecular flexibility index (Phi) is 3.71. The Bertz CT molecular complexity index is 740. The van der Waals surface area contributed by atoms with Crippen molar-refractivity contribution in [2.75, 3.05) is 18.1 Å². The van der Waals surface area contributed by atoms with Crippen LogP contribution in [0, 0.1) is 19.8 Å². The van der Waals surface area contributed by atoms with Crippen molar-refractivity contribution < 1.29 is 16.8 Å². The highest BCUT2D eigenvalue weighted by molar-refractivity contribution is 7.92. The van der Waals surface area contributed by atoms with Crippen LogP contribution in [0.2, 0.25) is 0 Å². The van der Waals surface area contributed by atoms with Crippen LogP contribution < -0.4 is 0 Å². The van der Waals surface area contributed by atoms with E-state index >= 15 is 0 Å². The average molecular weight is 349 g/mol. The molecule has 2 fully saturated rings. The van der Waals surface area contributed by atoms with Crippen LogP contribution in [0.4, 0.5) is 0 Å². The molecule has 1 saturated carbocycles. The van der Waals surface area contributed by atoms with E-state index in [1.165, 1.54) is 15.6 Å². The van der Waals surface area contributed by atoms with E-state index < -0.39 is 19.9 Å². The SMILES string of the molecule is Cc1cc(S(=O)(=O)N2CCS(=O)(=O)C[C@@H]2C2CC2)sc1C. The molecule has 0 radical (unpaired) electrons. The lowest BCUT2D eigenvalue weighted by atomic mass is 10.2. The van der Waals surface area contributed by atoms with Crippen molar-refractivity contribution in [2.24, 2.45) is 5.92 Å². The molecule has 0 bridgehead atoms. The number of hydrogen-bond acceptors (Lipinski definition) is 5. The summed E-state index contributed by atoms with van der Waals surface area (Å²) in [5.41, 5.74) is 0.964. The number of aryl methyl sites for hydroxylation is 2. The summed E-state index contributed by atoms with van der Waals surface area (Å²) in [6, 6.07) is 1.32. The second-order valence-electron chi connectivity index (χ2n) is 5.94. The maximum Gasteiger partial charge on any atom is 0.252 e. The largest absolute Gasteiger partial charge is 0.252 e. The highest BCUT2D eigenvalue weighted by Gasteiger charge is 2.46. The lowest BCUT2D eigenvalue weighted by Gasteiger charge is -2.34. The maximum absolute atomic E-state index is 12.8. The summed E-state index contributed by atoms with van der Waals surface area (Å²) in [7, 11) is -6.70. The average Bonchev–Trinajstić information content (AvgIpc) is 3.15.